The molecule has 3 N–H and O–H groups in total. The zero-order valence-electron chi connectivity index (χ0n) is 9.73. The van der Waals surface area contributed by atoms with Gasteiger partial charge in [-0.3, -0.25) is 9.89 Å². The molecule has 5 nitrogen and oxygen atoms in total. The zero-order chi connectivity index (χ0) is 11.7. The molecule has 2 unspecified atom stereocenters. The highest BCUT2D eigenvalue weighted by Gasteiger charge is 2.29. The normalized spacial score (nSPS) is 25.8. The van der Waals surface area contributed by atoms with Gasteiger partial charge in [0.05, 0.1) is 11.9 Å². The summed E-state index contributed by atoms with van der Waals surface area (Å²) in [5, 5.41) is 6.45. The smallest absolute Gasteiger partial charge is 0.274 e. The standard InChI is InChI=1S/C11H18N4O/c1-7-3-4-15(8(2)5-7)11(16)10-9(12)6-13-14-10/h6-8H,3-5,12H2,1-2H3,(H,13,14). The van der Waals surface area contributed by atoms with Crippen LogP contribution in [0.15, 0.2) is 6.20 Å². The van der Waals surface area contributed by atoms with Crippen molar-refractivity contribution in [3.8, 4) is 0 Å². The largest absolute Gasteiger partial charge is 0.396 e. The number of H-pyrrole nitrogens is 1. The highest BCUT2D eigenvalue weighted by molar-refractivity contribution is 5.97. The summed E-state index contributed by atoms with van der Waals surface area (Å²) in [6, 6.07) is 0.277. The molecule has 88 valence electrons. The topological polar surface area (TPSA) is 75.0 Å². The average Bonchev–Trinajstić information content (AvgIpc) is 2.63. The van der Waals surface area contributed by atoms with Gasteiger partial charge in [0.2, 0.25) is 0 Å². The molecule has 1 saturated heterocycles. The van der Waals surface area contributed by atoms with Crippen LogP contribution in [0.2, 0.25) is 0 Å². The number of aromatic nitrogens is 2. The van der Waals surface area contributed by atoms with Gasteiger partial charge in [-0.25, -0.2) is 0 Å². The van der Waals surface area contributed by atoms with Crippen LogP contribution in [0, 0.1) is 5.92 Å². The van der Waals surface area contributed by atoms with Crippen molar-refractivity contribution in [1.82, 2.24) is 15.1 Å². The summed E-state index contributed by atoms with van der Waals surface area (Å²) in [5.41, 5.74) is 6.52. The van der Waals surface area contributed by atoms with Crippen LogP contribution in [0.5, 0.6) is 0 Å². The lowest BCUT2D eigenvalue weighted by molar-refractivity contribution is 0.0583. The number of hydrogen-bond acceptors (Lipinski definition) is 3. The van der Waals surface area contributed by atoms with Gasteiger partial charge in [-0.15, -0.1) is 0 Å². The Kier molecular flexibility index (Phi) is 2.85. The maximum Gasteiger partial charge on any atom is 0.274 e. The first-order valence-corrected chi connectivity index (χ1v) is 5.69. The summed E-state index contributed by atoms with van der Waals surface area (Å²) in [7, 11) is 0. The molecule has 0 radical (unpaired) electrons. The SMILES string of the molecule is CC1CCN(C(=O)c2[nH]ncc2N)C(C)C1. The molecular weight excluding hydrogens is 204 g/mol. The fourth-order valence-electron chi connectivity index (χ4n) is 2.32. The highest BCUT2D eigenvalue weighted by Crippen LogP contribution is 2.24. The average molecular weight is 222 g/mol. The van der Waals surface area contributed by atoms with Crippen LogP contribution in [0.25, 0.3) is 0 Å². The second-order valence-electron chi connectivity index (χ2n) is 4.68. The van der Waals surface area contributed by atoms with Crippen LogP contribution in [0.3, 0.4) is 0 Å². The number of nitrogens with two attached hydrogens (primary N) is 1. The number of carbonyl (C=O) groups excluding carboxylic acids is 1. The molecule has 2 rings (SSSR count). The van der Waals surface area contributed by atoms with Crippen LogP contribution >= 0.6 is 0 Å². The van der Waals surface area contributed by atoms with E-state index in [-0.39, 0.29) is 11.9 Å². The lowest BCUT2D eigenvalue weighted by atomic mass is 9.93. The first kappa shape index (κ1) is 11.0. The van der Waals surface area contributed by atoms with E-state index in [1.807, 2.05) is 4.90 Å². The number of likely N-dealkylation sites (tertiary alicyclic amines) is 1. The molecule has 1 aromatic heterocycles. The van der Waals surface area contributed by atoms with E-state index in [1.54, 1.807) is 0 Å². The molecule has 1 aromatic rings. The number of anilines is 1. The molecule has 2 atom stereocenters. The van der Waals surface area contributed by atoms with Gasteiger partial charge in [0.25, 0.3) is 5.91 Å². The van der Waals surface area contributed by atoms with E-state index in [4.69, 9.17) is 5.73 Å². The Labute approximate surface area is 95.0 Å². The van der Waals surface area contributed by atoms with Crippen molar-refractivity contribution >= 4 is 11.6 Å². The quantitative estimate of drug-likeness (QED) is 0.751. The van der Waals surface area contributed by atoms with Gasteiger partial charge >= 0.3 is 0 Å². The van der Waals surface area contributed by atoms with E-state index in [9.17, 15) is 4.79 Å². The van der Waals surface area contributed by atoms with Crippen molar-refractivity contribution in [1.29, 1.82) is 0 Å². The minimum Gasteiger partial charge on any atom is -0.396 e. The Balaban J connectivity index is 2.14. The summed E-state index contributed by atoms with van der Waals surface area (Å²) < 4.78 is 0. The Hall–Kier alpha value is -1.52. The Morgan fingerprint density at radius 3 is 2.94 bits per heavy atom. The number of carbonyl (C=O) groups is 1. The molecular formula is C11H18N4O. The van der Waals surface area contributed by atoms with Crippen molar-refractivity contribution in [2.75, 3.05) is 12.3 Å². The third-order valence-electron chi connectivity index (χ3n) is 3.28. The maximum atomic E-state index is 12.2. The summed E-state index contributed by atoms with van der Waals surface area (Å²) in [4.78, 5) is 14.1. The fraction of sp³-hybridized carbons (Fsp3) is 0.636. The van der Waals surface area contributed by atoms with Gasteiger partial charge < -0.3 is 10.6 Å². The van der Waals surface area contributed by atoms with Crippen molar-refractivity contribution in [3.63, 3.8) is 0 Å². The number of aromatic amines is 1. The molecule has 1 fully saturated rings. The summed E-state index contributed by atoms with van der Waals surface area (Å²) >= 11 is 0. The minimum atomic E-state index is -0.0330. The molecule has 1 aliphatic heterocycles. The van der Waals surface area contributed by atoms with Crippen LogP contribution in [0.1, 0.15) is 37.2 Å². The number of nitrogens with one attached hydrogen (secondary N) is 1. The van der Waals surface area contributed by atoms with Crippen molar-refractivity contribution < 1.29 is 4.79 Å². The van der Waals surface area contributed by atoms with E-state index >= 15 is 0 Å². The first-order valence-electron chi connectivity index (χ1n) is 5.69. The van der Waals surface area contributed by atoms with Gasteiger partial charge in [-0.05, 0) is 25.7 Å². The zero-order valence-corrected chi connectivity index (χ0v) is 9.73. The molecule has 1 aliphatic rings. The minimum absolute atomic E-state index is 0.0330. The number of nitrogen functional groups attached to an aromatic ring is 1. The van der Waals surface area contributed by atoms with Gasteiger partial charge in [-0.1, -0.05) is 6.92 Å². The maximum absolute atomic E-state index is 12.2. The number of nitrogens with zero attached hydrogens (tertiary/aromatic N) is 2. The Morgan fingerprint density at radius 2 is 2.38 bits per heavy atom. The second kappa shape index (κ2) is 4.15. The lowest BCUT2D eigenvalue weighted by Gasteiger charge is -2.36. The number of hydrogen-bond donors (Lipinski definition) is 2. The van der Waals surface area contributed by atoms with Crippen molar-refractivity contribution in [3.05, 3.63) is 11.9 Å². The fourth-order valence-corrected chi connectivity index (χ4v) is 2.32. The van der Waals surface area contributed by atoms with Crippen LogP contribution in [-0.4, -0.2) is 33.6 Å². The molecule has 2 heterocycles. The molecule has 16 heavy (non-hydrogen) atoms. The molecule has 0 spiro atoms. The molecule has 0 aliphatic carbocycles. The van der Waals surface area contributed by atoms with Gasteiger partial charge in [-0.2, -0.15) is 5.10 Å². The van der Waals surface area contributed by atoms with Crippen LogP contribution in [-0.2, 0) is 0 Å². The molecule has 0 bridgehead atoms. The van der Waals surface area contributed by atoms with Gasteiger partial charge in [0.1, 0.15) is 5.69 Å². The molecule has 0 aromatic carbocycles. The van der Waals surface area contributed by atoms with E-state index < -0.39 is 0 Å². The van der Waals surface area contributed by atoms with Crippen molar-refractivity contribution in [2.24, 2.45) is 5.92 Å². The summed E-state index contributed by atoms with van der Waals surface area (Å²) in [5.74, 6) is 0.660. The predicted molar refractivity (Wildman–Crippen MR) is 61.9 cm³/mol. The molecule has 5 heteroatoms. The monoisotopic (exact) mass is 222 g/mol. The first-order chi connectivity index (χ1) is 7.59. The Bertz CT molecular complexity index is 387. The van der Waals surface area contributed by atoms with E-state index in [0.717, 1.165) is 19.4 Å². The van der Waals surface area contributed by atoms with Gasteiger partial charge in [0, 0.05) is 12.6 Å². The van der Waals surface area contributed by atoms with E-state index in [2.05, 4.69) is 24.0 Å². The van der Waals surface area contributed by atoms with Crippen molar-refractivity contribution in [2.45, 2.75) is 32.7 Å². The van der Waals surface area contributed by atoms with Crippen LogP contribution in [0.4, 0.5) is 5.69 Å². The van der Waals surface area contributed by atoms with Gasteiger partial charge in [0.15, 0.2) is 0 Å². The summed E-state index contributed by atoms with van der Waals surface area (Å²) in [6.07, 6.45) is 3.59. The molecule has 1 amide bonds. The third kappa shape index (κ3) is 1.89. The van der Waals surface area contributed by atoms with E-state index in [1.165, 1.54) is 6.20 Å². The third-order valence-corrected chi connectivity index (χ3v) is 3.28. The number of amides is 1. The predicted octanol–water partition coefficient (Wildman–Crippen LogP) is 1.25. The lowest BCUT2D eigenvalue weighted by Crippen LogP contribution is -2.44. The summed E-state index contributed by atoms with van der Waals surface area (Å²) in [6.45, 7) is 5.11. The number of piperidine rings is 1. The number of rotatable bonds is 1. The Morgan fingerprint density at radius 1 is 1.62 bits per heavy atom. The van der Waals surface area contributed by atoms with Crippen LogP contribution < -0.4 is 5.73 Å². The van der Waals surface area contributed by atoms with E-state index in [0.29, 0.717) is 17.3 Å². The second-order valence-corrected chi connectivity index (χ2v) is 4.68. The highest BCUT2D eigenvalue weighted by atomic mass is 16.2. The molecule has 0 saturated carbocycles.